The Morgan fingerprint density at radius 2 is 1.58 bits per heavy atom. The minimum absolute atomic E-state index is 0.160. The normalized spacial score (nSPS) is 14.6. The topological polar surface area (TPSA) is 98.9 Å². The van der Waals surface area contributed by atoms with Crippen LogP contribution < -0.4 is 10.5 Å². The lowest BCUT2D eigenvalue weighted by Crippen LogP contribution is -2.35. The number of esters is 1. The molecule has 1 aromatic rings. The van der Waals surface area contributed by atoms with Crippen molar-refractivity contribution in [1.29, 1.82) is 0 Å². The largest absolute Gasteiger partial charge is 0.484 e. The summed E-state index contributed by atoms with van der Waals surface area (Å²) >= 11 is 0. The van der Waals surface area contributed by atoms with Crippen molar-refractivity contribution in [3.05, 3.63) is 29.8 Å². The molecule has 1 heterocycles. The fraction of sp³-hybridized carbons (Fsp3) is 0.471. The number of hydrogen-bond donors (Lipinski definition) is 1. The van der Waals surface area contributed by atoms with Crippen LogP contribution in [0.5, 0.6) is 5.75 Å². The van der Waals surface area contributed by atoms with Crippen LogP contribution in [-0.2, 0) is 14.3 Å². The van der Waals surface area contributed by atoms with Crippen molar-refractivity contribution < 1.29 is 23.9 Å². The fourth-order valence-corrected chi connectivity index (χ4v) is 2.46. The van der Waals surface area contributed by atoms with Gasteiger partial charge >= 0.3 is 5.97 Å². The number of nitrogens with two attached hydrogens (primary N) is 1. The Morgan fingerprint density at radius 3 is 2.17 bits per heavy atom. The number of hydrogen-bond acceptors (Lipinski definition) is 5. The molecule has 7 heteroatoms. The quantitative estimate of drug-likeness (QED) is 0.786. The van der Waals surface area contributed by atoms with Crippen LogP contribution in [0.2, 0.25) is 0 Å². The number of primary amides is 1. The summed E-state index contributed by atoms with van der Waals surface area (Å²) < 4.78 is 10.2. The minimum Gasteiger partial charge on any atom is -0.484 e. The van der Waals surface area contributed by atoms with Gasteiger partial charge in [0.2, 0.25) is 0 Å². The second kappa shape index (κ2) is 8.90. The highest BCUT2D eigenvalue weighted by Gasteiger charge is 2.17. The summed E-state index contributed by atoms with van der Waals surface area (Å²) in [4.78, 5) is 36.4. The van der Waals surface area contributed by atoms with E-state index in [9.17, 15) is 14.4 Å². The number of likely N-dealkylation sites (tertiary alicyclic amines) is 1. The Balaban J connectivity index is 1.81. The van der Waals surface area contributed by atoms with Crippen LogP contribution in [-0.4, -0.2) is 49.0 Å². The van der Waals surface area contributed by atoms with Crippen molar-refractivity contribution in [2.45, 2.75) is 25.7 Å². The van der Waals surface area contributed by atoms with Crippen LogP contribution in [0.3, 0.4) is 0 Å². The SMILES string of the molecule is NC(=O)COc1ccc(C(=O)OCC(=O)N2CCCCCC2)cc1. The number of ether oxygens (including phenoxy) is 2. The van der Waals surface area contributed by atoms with E-state index in [1.54, 1.807) is 4.90 Å². The maximum Gasteiger partial charge on any atom is 0.338 e. The second-order valence-corrected chi connectivity index (χ2v) is 5.65. The maximum absolute atomic E-state index is 12.1. The van der Waals surface area contributed by atoms with E-state index in [4.69, 9.17) is 15.2 Å². The molecule has 0 spiro atoms. The average molecular weight is 334 g/mol. The molecule has 1 fully saturated rings. The highest BCUT2D eigenvalue weighted by atomic mass is 16.5. The molecule has 0 unspecified atom stereocenters. The van der Waals surface area contributed by atoms with Crippen LogP contribution in [0.15, 0.2) is 24.3 Å². The van der Waals surface area contributed by atoms with E-state index in [-0.39, 0.29) is 19.1 Å². The van der Waals surface area contributed by atoms with Crippen molar-refractivity contribution in [3.63, 3.8) is 0 Å². The van der Waals surface area contributed by atoms with Gasteiger partial charge in [-0.15, -0.1) is 0 Å². The Morgan fingerprint density at radius 1 is 0.958 bits per heavy atom. The standard InChI is InChI=1S/C17H22N2O5/c18-15(20)11-23-14-7-5-13(6-8-14)17(22)24-12-16(21)19-9-3-1-2-4-10-19/h5-8H,1-4,9-12H2,(H2,18,20). The van der Waals surface area contributed by atoms with E-state index in [1.165, 1.54) is 24.3 Å². The number of nitrogens with zero attached hydrogens (tertiary/aromatic N) is 1. The molecular formula is C17H22N2O5. The van der Waals surface area contributed by atoms with Crippen molar-refractivity contribution in [2.75, 3.05) is 26.3 Å². The molecule has 0 atom stereocenters. The maximum atomic E-state index is 12.1. The molecule has 2 amide bonds. The molecule has 130 valence electrons. The third-order valence-corrected chi connectivity index (χ3v) is 3.76. The van der Waals surface area contributed by atoms with E-state index in [2.05, 4.69) is 0 Å². The predicted octanol–water partition coefficient (Wildman–Crippen LogP) is 1.11. The van der Waals surface area contributed by atoms with Gasteiger partial charge in [0, 0.05) is 13.1 Å². The van der Waals surface area contributed by atoms with Crippen LogP contribution in [0, 0.1) is 0 Å². The second-order valence-electron chi connectivity index (χ2n) is 5.65. The molecular weight excluding hydrogens is 312 g/mol. The summed E-state index contributed by atoms with van der Waals surface area (Å²) in [6.07, 6.45) is 4.25. The first kappa shape index (κ1) is 17.8. The Bertz CT molecular complexity index is 577. The molecule has 24 heavy (non-hydrogen) atoms. The molecule has 7 nitrogen and oxygen atoms in total. The van der Waals surface area contributed by atoms with Crippen molar-refractivity contribution >= 4 is 17.8 Å². The molecule has 2 N–H and O–H groups in total. The number of amides is 2. The average Bonchev–Trinajstić information content (AvgIpc) is 2.87. The van der Waals surface area contributed by atoms with Gasteiger partial charge in [0.25, 0.3) is 11.8 Å². The van der Waals surface area contributed by atoms with Crippen LogP contribution in [0.25, 0.3) is 0 Å². The number of benzene rings is 1. The first-order chi connectivity index (χ1) is 11.6. The van der Waals surface area contributed by atoms with Gasteiger partial charge in [0.05, 0.1) is 5.56 Å². The Labute approximate surface area is 140 Å². The summed E-state index contributed by atoms with van der Waals surface area (Å²) in [5, 5.41) is 0. The molecule has 2 rings (SSSR count). The molecule has 0 aliphatic carbocycles. The van der Waals surface area contributed by atoms with E-state index >= 15 is 0 Å². The first-order valence-corrected chi connectivity index (χ1v) is 8.02. The number of carbonyl (C=O) groups excluding carboxylic acids is 3. The van der Waals surface area contributed by atoms with Gasteiger partial charge in [-0.2, -0.15) is 0 Å². The van der Waals surface area contributed by atoms with E-state index in [0.29, 0.717) is 11.3 Å². The molecule has 0 saturated carbocycles. The molecule has 0 bridgehead atoms. The molecule has 0 aromatic heterocycles. The lowest BCUT2D eigenvalue weighted by atomic mass is 10.2. The van der Waals surface area contributed by atoms with Crippen LogP contribution in [0.4, 0.5) is 0 Å². The smallest absolute Gasteiger partial charge is 0.338 e. The van der Waals surface area contributed by atoms with Gasteiger partial charge in [-0.3, -0.25) is 9.59 Å². The molecule has 0 radical (unpaired) electrons. The lowest BCUT2D eigenvalue weighted by Gasteiger charge is -2.19. The Hall–Kier alpha value is -2.57. The van der Waals surface area contributed by atoms with Gasteiger partial charge in [0.1, 0.15) is 5.75 Å². The number of rotatable bonds is 6. The highest BCUT2D eigenvalue weighted by Crippen LogP contribution is 2.13. The predicted molar refractivity (Wildman–Crippen MR) is 86.5 cm³/mol. The summed E-state index contributed by atoms with van der Waals surface area (Å²) in [5.74, 6) is -0.886. The van der Waals surface area contributed by atoms with E-state index in [0.717, 1.165) is 38.8 Å². The molecule has 1 aliphatic heterocycles. The van der Waals surface area contributed by atoms with Gasteiger partial charge in [-0.05, 0) is 37.1 Å². The summed E-state index contributed by atoms with van der Waals surface area (Å²) in [6, 6.07) is 6.09. The summed E-state index contributed by atoms with van der Waals surface area (Å²) in [7, 11) is 0. The van der Waals surface area contributed by atoms with Crippen LogP contribution in [0.1, 0.15) is 36.0 Å². The molecule has 1 aromatic carbocycles. The van der Waals surface area contributed by atoms with Crippen molar-refractivity contribution in [2.24, 2.45) is 5.73 Å². The zero-order chi connectivity index (χ0) is 17.4. The van der Waals surface area contributed by atoms with Crippen molar-refractivity contribution in [1.82, 2.24) is 4.90 Å². The third kappa shape index (κ3) is 5.57. The van der Waals surface area contributed by atoms with Gasteiger partial charge in [0.15, 0.2) is 13.2 Å². The zero-order valence-corrected chi connectivity index (χ0v) is 13.5. The first-order valence-electron chi connectivity index (χ1n) is 8.02. The van der Waals surface area contributed by atoms with E-state index < -0.39 is 11.9 Å². The molecule has 1 saturated heterocycles. The monoisotopic (exact) mass is 334 g/mol. The summed E-state index contributed by atoms with van der Waals surface area (Å²) in [5.41, 5.74) is 5.29. The zero-order valence-electron chi connectivity index (χ0n) is 13.5. The fourth-order valence-electron chi connectivity index (χ4n) is 2.46. The van der Waals surface area contributed by atoms with E-state index in [1.807, 2.05) is 0 Å². The Kier molecular flexibility index (Phi) is 6.60. The van der Waals surface area contributed by atoms with Crippen LogP contribution >= 0.6 is 0 Å². The van der Waals surface area contributed by atoms with Gasteiger partial charge in [-0.25, -0.2) is 4.79 Å². The third-order valence-electron chi connectivity index (χ3n) is 3.76. The van der Waals surface area contributed by atoms with Crippen molar-refractivity contribution in [3.8, 4) is 5.75 Å². The minimum atomic E-state index is -0.578. The highest BCUT2D eigenvalue weighted by molar-refractivity contribution is 5.91. The van der Waals surface area contributed by atoms with Gasteiger partial charge < -0.3 is 20.1 Å². The summed E-state index contributed by atoms with van der Waals surface area (Å²) in [6.45, 7) is 0.970. The number of carbonyl (C=O) groups is 3. The lowest BCUT2D eigenvalue weighted by molar-refractivity contribution is -0.134. The van der Waals surface area contributed by atoms with Gasteiger partial charge in [-0.1, -0.05) is 12.8 Å². The molecule has 1 aliphatic rings.